The van der Waals surface area contributed by atoms with E-state index in [9.17, 15) is 13.2 Å². The van der Waals surface area contributed by atoms with Gasteiger partial charge in [0, 0.05) is 23.2 Å². The third kappa shape index (κ3) is 4.97. The summed E-state index contributed by atoms with van der Waals surface area (Å²) in [4.78, 5) is 23.8. The van der Waals surface area contributed by atoms with Crippen LogP contribution in [0.25, 0.3) is 10.9 Å². The maximum absolute atomic E-state index is 13.2. The van der Waals surface area contributed by atoms with E-state index in [-0.39, 0.29) is 28.6 Å². The number of nitrogens with zero attached hydrogens (tertiary/aromatic N) is 3. The molecule has 9 heteroatoms. The minimum Gasteiger partial charge on any atom is -0.334 e. The fourth-order valence-electron chi connectivity index (χ4n) is 3.43. The summed E-state index contributed by atoms with van der Waals surface area (Å²) < 4.78 is 28.1. The van der Waals surface area contributed by atoms with Crippen molar-refractivity contribution in [2.24, 2.45) is 0 Å². The second-order valence-electron chi connectivity index (χ2n) is 7.51. The molecule has 0 fully saturated rings. The molecule has 1 amide bonds. The van der Waals surface area contributed by atoms with Gasteiger partial charge in [0.1, 0.15) is 5.82 Å². The van der Waals surface area contributed by atoms with Gasteiger partial charge in [0.25, 0.3) is 15.9 Å². The molecule has 1 heterocycles. The first-order valence-corrected chi connectivity index (χ1v) is 12.0. The van der Waals surface area contributed by atoms with Crippen LogP contribution in [0, 0.1) is 6.92 Å². The van der Waals surface area contributed by atoms with Gasteiger partial charge in [-0.3, -0.25) is 9.52 Å². The molecule has 0 bridgehead atoms. The molecular weight excluding hydrogens is 460 g/mol. The highest BCUT2D eigenvalue weighted by Crippen LogP contribution is 2.23. The summed E-state index contributed by atoms with van der Waals surface area (Å²) in [6, 6.07) is 19.9. The molecule has 0 spiro atoms. The zero-order valence-electron chi connectivity index (χ0n) is 18.0. The van der Waals surface area contributed by atoms with Crippen LogP contribution in [0.5, 0.6) is 0 Å². The smallest absolute Gasteiger partial charge is 0.261 e. The van der Waals surface area contributed by atoms with E-state index in [2.05, 4.69) is 14.7 Å². The van der Waals surface area contributed by atoms with E-state index < -0.39 is 10.0 Å². The lowest BCUT2D eigenvalue weighted by molar-refractivity contribution is 0.0782. The van der Waals surface area contributed by atoms with E-state index in [1.807, 2.05) is 31.2 Å². The third-order valence-corrected chi connectivity index (χ3v) is 6.72. The van der Waals surface area contributed by atoms with Crippen LogP contribution in [0.1, 0.15) is 21.9 Å². The zero-order chi connectivity index (χ0) is 23.6. The number of para-hydroxylation sites is 2. The van der Waals surface area contributed by atoms with Crippen molar-refractivity contribution in [3.8, 4) is 0 Å². The molecule has 0 saturated carbocycles. The molecule has 7 nitrogen and oxygen atoms in total. The van der Waals surface area contributed by atoms with Crippen LogP contribution in [0.2, 0.25) is 5.02 Å². The van der Waals surface area contributed by atoms with Gasteiger partial charge < -0.3 is 4.90 Å². The van der Waals surface area contributed by atoms with Gasteiger partial charge in [0.2, 0.25) is 0 Å². The Balaban J connectivity index is 1.58. The van der Waals surface area contributed by atoms with Crippen LogP contribution in [0.15, 0.2) is 77.7 Å². The SMILES string of the molecule is Cc1nc(CN(C)C(=O)c2ccccc2NS(=O)(=O)c2ccc(Cl)cc2)nc2ccccc12. The number of rotatable bonds is 6. The van der Waals surface area contributed by atoms with Crippen molar-refractivity contribution in [3.05, 3.63) is 94.9 Å². The lowest BCUT2D eigenvalue weighted by atomic mass is 10.1. The number of nitrogens with one attached hydrogen (secondary N) is 1. The number of fused-ring (bicyclic) bond motifs is 1. The molecule has 0 aliphatic heterocycles. The van der Waals surface area contributed by atoms with Crippen molar-refractivity contribution in [3.63, 3.8) is 0 Å². The van der Waals surface area contributed by atoms with Crippen LogP contribution in [-0.4, -0.2) is 36.2 Å². The summed E-state index contributed by atoms with van der Waals surface area (Å²) in [5.74, 6) is 0.139. The van der Waals surface area contributed by atoms with Gasteiger partial charge in [-0.15, -0.1) is 0 Å². The number of hydrogen-bond donors (Lipinski definition) is 1. The summed E-state index contributed by atoms with van der Waals surface area (Å²) in [6.45, 7) is 2.07. The predicted octanol–water partition coefficient (Wildman–Crippen LogP) is 4.66. The van der Waals surface area contributed by atoms with Gasteiger partial charge in [-0.25, -0.2) is 18.4 Å². The molecule has 0 radical (unpaired) electrons. The highest BCUT2D eigenvalue weighted by atomic mass is 35.5. The van der Waals surface area contributed by atoms with Crippen molar-refractivity contribution in [1.82, 2.24) is 14.9 Å². The lowest BCUT2D eigenvalue weighted by Gasteiger charge is -2.19. The predicted molar refractivity (Wildman–Crippen MR) is 129 cm³/mol. The quantitative estimate of drug-likeness (QED) is 0.433. The molecule has 0 aliphatic carbocycles. The topological polar surface area (TPSA) is 92.3 Å². The molecule has 3 aromatic carbocycles. The second-order valence-corrected chi connectivity index (χ2v) is 9.63. The van der Waals surface area contributed by atoms with Crippen LogP contribution < -0.4 is 4.72 Å². The molecule has 33 heavy (non-hydrogen) atoms. The Kier molecular flexibility index (Phi) is 6.31. The Morgan fingerprint density at radius 3 is 2.39 bits per heavy atom. The van der Waals surface area contributed by atoms with Crippen molar-refractivity contribution < 1.29 is 13.2 Å². The Hall–Kier alpha value is -3.49. The molecule has 168 valence electrons. The summed E-state index contributed by atoms with van der Waals surface area (Å²) in [7, 11) is -2.28. The molecular formula is C24H21ClN4O3S. The number of carbonyl (C=O) groups is 1. The maximum Gasteiger partial charge on any atom is 0.261 e. The number of hydrogen-bond acceptors (Lipinski definition) is 5. The number of halogens is 1. The van der Waals surface area contributed by atoms with Gasteiger partial charge in [0.15, 0.2) is 0 Å². The molecule has 4 rings (SSSR count). The van der Waals surface area contributed by atoms with Crippen molar-refractivity contribution in [2.75, 3.05) is 11.8 Å². The fraction of sp³-hybridized carbons (Fsp3) is 0.125. The number of aryl methyl sites for hydroxylation is 1. The molecule has 0 saturated heterocycles. The standard InChI is InChI=1S/C24H21ClN4O3S/c1-16-19-7-3-5-9-21(19)27-23(26-16)15-29(2)24(30)20-8-4-6-10-22(20)28-33(31,32)18-13-11-17(25)12-14-18/h3-14,28H,15H2,1-2H3. The Morgan fingerprint density at radius 1 is 0.970 bits per heavy atom. The third-order valence-electron chi connectivity index (χ3n) is 5.09. The number of benzene rings is 3. The normalized spacial score (nSPS) is 11.4. The van der Waals surface area contributed by atoms with Gasteiger partial charge in [-0.05, 0) is 49.4 Å². The summed E-state index contributed by atoms with van der Waals surface area (Å²) in [5.41, 5.74) is 2.03. The largest absolute Gasteiger partial charge is 0.334 e. The zero-order valence-corrected chi connectivity index (χ0v) is 19.6. The van der Waals surface area contributed by atoms with E-state index in [1.165, 1.54) is 29.2 Å². The van der Waals surface area contributed by atoms with E-state index in [0.717, 1.165) is 16.6 Å². The highest BCUT2D eigenvalue weighted by Gasteiger charge is 2.21. The van der Waals surface area contributed by atoms with E-state index in [0.29, 0.717) is 10.8 Å². The average Bonchev–Trinajstić information content (AvgIpc) is 2.79. The minimum absolute atomic E-state index is 0.0440. The molecule has 0 aliphatic rings. The number of carbonyl (C=O) groups excluding carboxylic acids is 1. The number of anilines is 1. The van der Waals surface area contributed by atoms with Crippen LogP contribution >= 0.6 is 11.6 Å². The van der Waals surface area contributed by atoms with E-state index >= 15 is 0 Å². The highest BCUT2D eigenvalue weighted by molar-refractivity contribution is 7.92. The van der Waals surface area contributed by atoms with Gasteiger partial charge in [-0.1, -0.05) is 41.9 Å². The first-order chi connectivity index (χ1) is 15.7. The molecule has 4 aromatic rings. The Labute approximate surface area is 197 Å². The van der Waals surface area contributed by atoms with Crippen molar-refractivity contribution >= 4 is 44.1 Å². The van der Waals surface area contributed by atoms with Gasteiger partial charge in [0.05, 0.1) is 28.2 Å². The fourth-order valence-corrected chi connectivity index (χ4v) is 4.64. The maximum atomic E-state index is 13.2. The van der Waals surface area contributed by atoms with E-state index in [1.54, 1.807) is 31.3 Å². The van der Waals surface area contributed by atoms with Gasteiger partial charge >= 0.3 is 0 Å². The van der Waals surface area contributed by atoms with Crippen molar-refractivity contribution in [1.29, 1.82) is 0 Å². The number of amides is 1. The summed E-state index contributed by atoms with van der Waals surface area (Å²) >= 11 is 5.86. The molecule has 0 unspecified atom stereocenters. The first kappa shape index (κ1) is 22.7. The Bertz CT molecular complexity index is 1440. The number of sulfonamides is 1. The molecule has 1 N–H and O–H groups in total. The lowest BCUT2D eigenvalue weighted by Crippen LogP contribution is -2.28. The minimum atomic E-state index is -3.90. The van der Waals surface area contributed by atoms with Crippen LogP contribution in [0.4, 0.5) is 5.69 Å². The Morgan fingerprint density at radius 2 is 1.64 bits per heavy atom. The van der Waals surface area contributed by atoms with Crippen LogP contribution in [0.3, 0.4) is 0 Å². The summed E-state index contributed by atoms with van der Waals surface area (Å²) in [5, 5.41) is 1.38. The molecule has 1 aromatic heterocycles. The van der Waals surface area contributed by atoms with E-state index in [4.69, 9.17) is 11.6 Å². The monoisotopic (exact) mass is 480 g/mol. The average molecular weight is 481 g/mol. The second kappa shape index (κ2) is 9.17. The van der Waals surface area contributed by atoms with Gasteiger partial charge in [-0.2, -0.15) is 0 Å². The number of aromatic nitrogens is 2. The van der Waals surface area contributed by atoms with Crippen molar-refractivity contribution in [2.45, 2.75) is 18.4 Å². The molecule has 0 atom stereocenters. The summed E-state index contributed by atoms with van der Waals surface area (Å²) in [6.07, 6.45) is 0. The van der Waals surface area contributed by atoms with Crippen LogP contribution in [-0.2, 0) is 16.6 Å². The first-order valence-electron chi connectivity index (χ1n) is 10.1.